The zero-order valence-corrected chi connectivity index (χ0v) is 19.2. The molecule has 7 nitrogen and oxygen atoms in total. The van der Waals surface area contributed by atoms with Crippen LogP contribution in [0.2, 0.25) is 0 Å². The first-order valence-electron chi connectivity index (χ1n) is 11.6. The number of aromatic nitrogens is 2. The number of ketones is 1. The number of hydrogen-bond acceptors (Lipinski definition) is 6. The summed E-state index contributed by atoms with van der Waals surface area (Å²) in [5.41, 5.74) is 2.86. The number of fused-ring (bicyclic) bond motifs is 1. The molecule has 0 radical (unpaired) electrons. The van der Waals surface area contributed by atoms with E-state index in [-0.39, 0.29) is 11.9 Å². The molecule has 4 heterocycles. The highest BCUT2D eigenvalue weighted by Gasteiger charge is 2.25. The van der Waals surface area contributed by atoms with Gasteiger partial charge < -0.3 is 18.9 Å². The number of Topliss-reactive ketones (excluding diaryl/α,β-unsaturated/α-hetero) is 1. The molecule has 33 heavy (non-hydrogen) atoms. The fourth-order valence-corrected chi connectivity index (χ4v) is 4.69. The monoisotopic (exact) mass is 446 g/mol. The van der Waals surface area contributed by atoms with Gasteiger partial charge in [-0.05, 0) is 44.2 Å². The predicted molar refractivity (Wildman–Crippen MR) is 127 cm³/mol. The highest BCUT2D eigenvalue weighted by atomic mass is 16.6. The third-order valence-electron chi connectivity index (χ3n) is 6.54. The molecule has 2 aliphatic rings. The number of pyridine rings is 1. The van der Waals surface area contributed by atoms with Crippen molar-refractivity contribution in [3.8, 4) is 11.5 Å². The van der Waals surface area contributed by atoms with Gasteiger partial charge in [-0.15, -0.1) is 0 Å². The number of nitrogens with zero attached hydrogens (tertiary/aromatic N) is 4. The number of carbonyl (C=O) groups is 1. The summed E-state index contributed by atoms with van der Waals surface area (Å²) < 4.78 is 14.2. The van der Waals surface area contributed by atoms with Crippen molar-refractivity contribution in [1.82, 2.24) is 14.5 Å². The maximum atomic E-state index is 13.2. The number of benzene rings is 1. The molecule has 5 rings (SSSR count). The van der Waals surface area contributed by atoms with Crippen LogP contribution in [0.15, 0.2) is 54.7 Å². The molecule has 0 N–H and O–H groups in total. The van der Waals surface area contributed by atoms with E-state index >= 15 is 0 Å². The number of para-hydroxylation sites is 2. The standard InChI is InChI=1S/C26H30N4O3/c1-19-15-22(20(2)30(19)16-21-18-32-24-7-3-4-8-25(24)33-21)23(31)17-28-11-13-29(14-12-28)26-9-5-6-10-27-26/h3-10,15,21H,11-14,16-18H2,1-2H3. The Labute approximate surface area is 194 Å². The molecule has 0 bridgehead atoms. The van der Waals surface area contributed by atoms with Crippen LogP contribution in [0.25, 0.3) is 0 Å². The molecule has 1 unspecified atom stereocenters. The second-order valence-electron chi connectivity index (χ2n) is 8.77. The molecule has 2 aromatic heterocycles. The number of piperazine rings is 1. The minimum Gasteiger partial charge on any atom is -0.486 e. The summed E-state index contributed by atoms with van der Waals surface area (Å²) in [4.78, 5) is 22.1. The Kier molecular flexibility index (Phi) is 6.05. The molecule has 172 valence electrons. The number of aryl methyl sites for hydroxylation is 1. The molecular formula is C26H30N4O3. The molecular weight excluding hydrogens is 416 g/mol. The third kappa shape index (κ3) is 4.59. The quantitative estimate of drug-likeness (QED) is 0.542. The average molecular weight is 447 g/mol. The van der Waals surface area contributed by atoms with E-state index in [9.17, 15) is 4.79 Å². The third-order valence-corrected chi connectivity index (χ3v) is 6.54. The number of hydrogen-bond donors (Lipinski definition) is 0. The van der Waals surface area contributed by atoms with E-state index in [0.29, 0.717) is 19.7 Å². The summed E-state index contributed by atoms with van der Waals surface area (Å²) >= 11 is 0. The van der Waals surface area contributed by atoms with Crippen molar-refractivity contribution in [2.75, 3.05) is 44.2 Å². The van der Waals surface area contributed by atoms with E-state index in [0.717, 1.165) is 60.4 Å². The van der Waals surface area contributed by atoms with Crippen LogP contribution < -0.4 is 14.4 Å². The van der Waals surface area contributed by atoms with E-state index in [1.807, 2.05) is 68.6 Å². The van der Waals surface area contributed by atoms with Crippen molar-refractivity contribution in [2.45, 2.75) is 26.5 Å². The zero-order chi connectivity index (χ0) is 22.8. The molecule has 7 heteroatoms. The van der Waals surface area contributed by atoms with Crippen molar-refractivity contribution in [1.29, 1.82) is 0 Å². The van der Waals surface area contributed by atoms with Crippen molar-refractivity contribution >= 4 is 11.6 Å². The van der Waals surface area contributed by atoms with Gasteiger partial charge in [0.25, 0.3) is 0 Å². The van der Waals surface area contributed by atoms with E-state index < -0.39 is 0 Å². The van der Waals surface area contributed by atoms with Gasteiger partial charge in [0, 0.05) is 49.3 Å². The normalized spacial score (nSPS) is 18.4. The van der Waals surface area contributed by atoms with Crippen molar-refractivity contribution in [2.24, 2.45) is 0 Å². The Hall–Kier alpha value is -3.32. The molecule has 0 spiro atoms. The molecule has 3 aromatic rings. The van der Waals surface area contributed by atoms with Crippen molar-refractivity contribution in [3.63, 3.8) is 0 Å². The summed E-state index contributed by atoms with van der Waals surface area (Å²) in [6.45, 7) is 9.13. The summed E-state index contributed by atoms with van der Waals surface area (Å²) in [6, 6.07) is 15.7. The summed E-state index contributed by atoms with van der Waals surface area (Å²) in [7, 11) is 0. The van der Waals surface area contributed by atoms with E-state index in [2.05, 4.69) is 19.4 Å². The fourth-order valence-electron chi connectivity index (χ4n) is 4.69. The van der Waals surface area contributed by atoms with Gasteiger partial charge in [-0.3, -0.25) is 9.69 Å². The van der Waals surface area contributed by atoms with Gasteiger partial charge in [0.1, 0.15) is 12.4 Å². The van der Waals surface area contributed by atoms with E-state index in [1.54, 1.807) is 0 Å². The first-order valence-corrected chi connectivity index (χ1v) is 11.6. The van der Waals surface area contributed by atoms with E-state index in [1.165, 1.54) is 0 Å². The number of ether oxygens (including phenoxy) is 2. The molecule has 0 amide bonds. The van der Waals surface area contributed by atoms with Crippen LogP contribution in [0.5, 0.6) is 11.5 Å². The molecule has 1 saturated heterocycles. The van der Waals surface area contributed by atoms with Crippen LogP contribution >= 0.6 is 0 Å². The maximum absolute atomic E-state index is 13.2. The van der Waals surface area contributed by atoms with Gasteiger partial charge >= 0.3 is 0 Å². The lowest BCUT2D eigenvalue weighted by Gasteiger charge is -2.35. The summed E-state index contributed by atoms with van der Waals surface area (Å²) in [5, 5.41) is 0. The zero-order valence-electron chi connectivity index (χ0n) is 19.2. The minimum atomic E-state index is -0.0904. The first kappa shape index (κ1) is 21.5. The van der Waals surface area contributed by atoms with Crippen LogP contribution in [0.3, 0.4) is 0 Å². The molecule has 1 fully saturated rings. The highest BCUT2D eigenvalue weighted by molar-refractivity contribution is 5.99. The Morgan fingerprint density at radius 1 is 1.03 bits per heavy atom. The Balaban J connectivity index is 1.20. The van der Waals surface area contributed by atoms with Gasteiger partial charge in [-0.2, -0.15) is 0 Å². The average Bonchev–Trinajstić information content (AvgIpc) is 3.13. The Morgan fingerprint density at radius 2 is 1.79 bits per heavy atom. The number of carbonyl (C=O) groups excluding carboxylic acids is 1. The molecule has 2 aliphatic heterocycles. The summed E-state index contributed by atoms with van der Waals surface area (Å²) in [5.74, 6) is 2.74. The van der Waals surface area contributed by atoms with Crippen LogP contribution in [0.4, 0.5) is 5.82 Å². The fraction of sp³-hybridized carbons (Fsp3) is 0.385. The largest absolute Gasteiger partial charge is 0.486 e. The number of anilines is 1. The second kappa shape index (κ2) is 9.27. The van der Waals surface area contributed by atoms with Crippen LogP contribution in [-0.2, 0) is 6.54 Å². The lowest BCUT2D eigenvalue weighted by atomic mass is 10.1. The van der Waals surface area contributed by atoms with Crippen molar-refractivity contribution < 1.29 is 14.3 Å². The summed E-state index contributed by atoms with van der Waals surface area (Å²) in [6.07, 6.45) is 1.73. The molecule has 0 aliphatic carbocycles. The predicted octanol–water partition coefficient (Wildman–Crippen LogP) is 3.34. The Bertz CT molecular complexity index is 1120. The van der Waals surface area contributed by atoms with Gasteiger partial charge in [0.2, 0.25) is 0 Å². The molecule has 1 atom stereocenters. The highest BCUT2D eigenvalue weighted by Crippen LogP contribution is 2.31. The van der Waals surface area contributed by atoms with E-state index in [4.69, 9.17) is 9.47 Å². The van der Waals surface area contributed by atoms with Crippen molar-refractivity contribution in [3.05, 3.63) is 71.7 Å². The van der Waals surface area contributed by atoms with Gasteiger partial charge in [0.15, 0.2) is 23.4 Å². The minimum absolute atomic E-state index is 0.0904. The maximum Gasteiger partial charge on any atom is 0.178 e. The van der Waals surface area contributed by atoms with Crippen LogP contribution in [0, 0.1) is 13.8 Å². The SMILES string of the molecule is Cc1cc(C(=O)CN2CCN(c3ccccn3)CC2)c(C)n1CC1COc2ccccc2O1. The topological polar surface area (TPSA) is 59.8 Å². The Morgan fingerprint density at radius 3 is 2.55 bits per heavy atom. The molecule has 1 aromatic carbocycles. The second-order valence-corrected chi connectivity index (χ2v) is 8.77. The first-order chi connectivity index (χ1) is 16.1. The van der Waals surface area contributed by atoms with Crippen LogP contribution in [0.1, 0.15) is 21.7 Å². The molecule has 0 saturated carbocycles. The smallest absolute Gasteiger partial charge is 0.178 e. The van der Waals surface area contributed by atoms with Gasteiger partial charge in [0.05, 0.1) is 13.1 Å². The van der Waals surface area contributed by atoms with Gasteiger partial charge in [-0.1, -0.05) is 18.2 Å². The van der Waals surface area contributed by atoms with Gasteiger partial charge in [-0.25, -0.2) is 4.98 Å². The van der Waals surface area contributed by atoms with Crippen LogP contribution in [-0.4, -0.2) is 65.7 Å². The number of rotatable bonds is 6. The lowest BCUT2D eigenvalue weighted by molar-refractivity contribution is 0.0777. The lowest BCUT2D eigenvalue weighted by Crippen LogP contribution is -2.48.